The number of nitrogens with two attached hydrogens (primary N) is 1. The molecule has 5 rings (SSSR count). The van der Waals surface area contributed by atoms with Crippen molar-refractivity contribution >= 4 is 27.8 Å². The molecule has 0 radical (unpaired) electrons. The second-order valence-corrected chi connectivity index (χ2v) is 7.52. The van der Waals surface area contributed by atoms with Crippen molar-refractivity contribution in [2.24, 2.45) is 0 Å². The minimum Gasteiger partial charge on any atom is -0.394 e. The number of rotatable bonds is 4. The molecule has 0 amide bonds. The molecule has 9 nitrogen and oxygen atoms in total. The van der Waals surface area contributed by atoms with E-state index in [1.807, 2.05) is 42.5 Å². The fourth-order valence-corrected chi connectivity index (χ4v) is 4.22. The zero-order valence-corrected chi connectivity index (χ0v) is 16.0. The lowest BCUT2D eigenvalue weighted by Crippen LogP contribution is -2.47. The molecule has 3 heterocycles. The SMILES string of the molecule is Nc1ncnc2c1ncn2[C@]1(Cc2ccc3ccccc3c2)O[C@H](CO)[C@@H](O)[C@H]1O. The van der Waals surface area contributed by atoms with Gasteiger partial charge in [0.1, 0.15) is 30.2 Å². The van der Waals surface area contributed by atoms with Crippen LogP contribution in [0.1, 0.15) is 5.56 Å². The summed E-state index contributed by atoms with van der Waals surface area (Å²) < 4.78 is 7.67. The molecule has 1 aliphatic heterocycles. The van der Waals surface area contributed by atoms with Crippen molar-refractivity contribution in [3.63, 3.8) is 0 Å². The first kappa shape index (κ1) is 18.9. The minimum atomic E-state index is -1.44. The molecule has 2 aromatic carbocycles. The van der Waals surface area contributed by atoms with Gasteiger partial charge in [-0.15, -0.1) is 0 Å². The van der Waals surface area contributed by atoms with E-state index in [0.29, 0.717) is 11.2 Å². The van der Waals surface area contributed by atoms with Gasteiger partial charge in [0.05, 0.1) is 12.9 Å². The predicted octanol–water partition coefficient (Wildman–Crippen LogP) is 0.570. The third-order valence-corrected chi connectivity index (χ3v) is 5.74. The van der Waals surface area contributed by atoms with Crippen molar-refractivity contribution in [1.29, 1.82) is 0 Å². The molecule has 1 saturated heterocycles. The van der Waals surface area contributed by atoms with Crippen LogP contribution in [0.4, 0.5) is 5.82 Å². The topological polar surface area (TPSA) is 140 Å². The molecule has 0 spiro atoms. The Kier molecular flexibility index (Phi) is 4.40. The zero-order valence-electron chi connectivity index (χ0n) is 16.0. The van der Waals surface area contributed by atoms with Crippen molar-refractivity contribution in [2.75, 3.05) is 12.3 Å². The van der Waals surface area contributed by atoms with E-state index in [1.54, 1.807) is 4.57 Å². The van der Waals surface area contributed by atoms with Crippen LogP contribution in [0.5, 0.6) is 0 Å². The second kappa shape index (κ2) is 6.99. The van der Waals surface area contributed by atoms with Crippen LogP contribution in [0.25, 0.3) is 21.9 Å². The van der Waals surface area contributed by atoms with Crippen LogP contribution in [0.15, 0.2) is 55.1 Å². The van der Waals surface area contributed by atoms with E-state index < -0.39 is 30.6 Å². The first-order chi connectivity index (χ1) is 14.5. The Labute approximate surface area is 171 Å². The van der Waals surface area contributed by atoms with E-state index in [2.05, 4.69) is 15.0 Å². The number of anilines is 1. The summed E-state index contributed by atoms with van der Waals surface area (Å²) in [5.41, 5.74) is 6.10. The maximum Gasteiger partial charge on any atom is 0.180 e. The number of nitrogens with zero attached hydrogens (tertiary/aromatic N) is 4. The summed E-state index contributed by atoms with van der Waals surface area (Å²) in [5, 5.41) is 33.4. The van der Waals surface area contributed by atoms with Gasteiger partial charge in [0.25, 0.3) is 0 Å². The van der Waals surface area contributed by atoms with Crippen LogP contribution in [-0.2, 0) is 16.9 Å². The lowest BCUT2D eigenvalue weighted by Gasteiger charge is -2.34. The van der Waals surface area contributed by atoms with Crippen molar-refractivity contribution in [3.05, 3.63) is 60.7 Å². The number of nitrogen functional groups attached to an aromatic ring is 1. The molecule has 0 aliphatic carbocycles. The van der Waals surface area contributed by atoms with Gasteiger partial charge in [-0.05, 0) is 16.3 Å². The second-order valence-electron chi connectivity index (χ2n) is 7.52. The van der Waals surface area contributed by atoms with Gasteiger partial charge in [-0.1, -0.05) is 42.5 Å². The molecule has 2 aromatic heterocycles. The van der Waals surface area contributed by atoms with Gasteiger partial charge in [0.2, 0.25) is 0 Å². The fraction of sp³-hybridized carbons (Fsp3) is 0.286. The van der Waals surface area contributed by atoms with Crippen LogP contribution in [0.2, 0.25) is 0 Å². The molecular formula is C21H21N5O4. The highest BCUT2D eigenvalue weighted by atomic mass is 16.6. The number of aromatic nitrogens is 4. The Morgan fingerprint density at radius 3 is 2.63 bits per heavy atom. The van der Waals surface area contributed by atoms with Gasteiger partial charge in [0, 0.05) is 6.42 Å². The number of imidazole rings is 1. The average Bonchev–Trinajstić information content (AvgIpc) is 3.30. The Morgan fingerprint density at radius 1 is 1.07 bits per heavy atom. The summed E-state index contributed by atoms with van der Waals surface area (Å²) in [6.07, 6.45) is -0.603. The monoisotopic (exact) mass is 407 g/mol. The smallest absolute Gasteiger partial charge is 0.180 e. The summed E-state index contributed by atoms with van der Waals surface area (Å²) in [6, 6.07) is 13.9. The molecule has 1 aliphatic rings. The van der Waals surface area contributed by atoms with Crippen LogP contribution in [-0.4, -0.2) is 59.8 Å². The van der Waals surface area contributed by atoms with Crippen LogP contribution in [0.3, 0.4) is 0 Å². The quantitative estimate of drug-likeness (QED) is 0.385. The van der Waals surface area contributed by atoms with Gasteiger partial charge in [-0.25, -0.2) is 15.0 Å². The van der Waals surface area contributed by atoms with Gasteiger partial charge in [-0.3, -0.25) is 4.57 Å². The van der Waals surface area contributed by atoms with Crippen molar-refractivity contribution in [1.82, 2.24) is 19.5 Å². The molecule has 0 saturated carbocycles. The van der Waals surface area contributed by atoms with E-state index in [1.165, 1.54) is 12.7 Å². The number of ether oxygens (including phenoxy) is 1. The zero-order chi connectivity index (χ0) is 20.9. The molecule has 4 aromatic rings. The predicted molar refractivity (Wildman–Crippen MR) is 109 cm³/mol. The Hall–Kier alpha value is -3.11. The third kappa shape index (κ3) is 2.75. The molecule has 154 valence electrons. The highest BCUT2D eigenvalue weighted by Crippen LogP contribution is 2.40. The number of aliphatic hydroxyl groups is 3. The maximum absolute atomic E-state index is 11.1. The normalized spacial score (nSPS) is 26.6. The van der Waals surface area contributed by atoms with Crippen molar-refractivity contribution < 1.29 is 20.1 Å². The number of fused-ring (bicyclic) bond motifs is 2. The Balaban J connectivity index is 1.67. The highest BCUT2D eigenvalue weighted by molar-refractivity contribution is 5.83. The molecule has 0 unspecified atom stereocenters. The molecular weight excluding hydrogens is 386 g/mol. The van der Waals surface area contributed by atoms with Crippen LogP contribution >= 0.6 is 0 Å². The minimum absolute atomic E-state index is 0.200. The first-order valence-corrected chi connectivity index (χ1v) is 9.60. The largest absolute Gasteiger partial charge is 0.394 e. The standard InChI is InChI=1S/C21H21N5O4/c22-19-16-20(24-10-23-19)26(11-25-16)21(18(29)17(28)15(9-27)30-21)8-12-5-6-13-3-1-2-4-14(13)7-12/h1-7,10-11,15,17-18,27-29H,8-9H2,(H2,22,23,24)/t15-,17-,18-,21-/m1/s1. The van der Waals surface area contributed by atoms with Gasteiger partial charge in [-0.2, -0.15) is 0 Å². The fourth-order valence-electron chi connectivity index (χ4n) is 4.22. The van der Waals surface area contributed by atoms with Crippen LogP contribution < -0.4 is 5.73 Å². The summed E-state index contributed by atoms with van der Waals surface area (Å²) >= 11 is 0. The summed E-state index contributed by atoms with van der Waals surface area (Å²) in [5.74, 6) is 0.200. The van der Waals surface area contributed by atoms with E-state index in [4.69, 9.17) is 10.5 Å². The van der Waals surface area contributed by atoms with Crippen molar-refractivity contribution in [2.45, 2.75) is 30.5 Å². The number of benzene rings is 2. The number of hydrogen-bond donors (Lipinski definition) is 4. The summed E-state index contributed by atoms with van der Waals surface area (Å²) in [4.78, 5) is 12.5. The summed E-state index contributed by atoms with van der Waals surface area (Å²) in [7, 11) is 0. The Bertz CT molecular complexity index is 1230. The van der Waals surface area contributed by atoms with Gasteiger partial charge in [0.15, 0.2) is 17.2 Å². The molecule has 1 fully saturated rings. The maximum atomic E-state index is 11.1. The summed E-state index contributed by atoms with van der Waals surface area (Å²) in [6.45, 7) is -0.443. The molecule has 4 atom stereocenters. The molecule has 5 N–H and O–H groups in total. The van der Waals surface area contributed by atoms with Gasteiger partial charge >= 0.3 is 0 Å². The van der Waals surface area contributed by atoms with Crippen LogP contribution in [0, 0.1) is 0 Å². The molecule has 0 bridgehead atoms. The number of aliphatic hydroxyl groups excluding tert-OH is 3. The number of hydrogen-bond acceptors (Lipinski definition) is 8. The highest BCUT2D eigenvalue weighted by Gasteiger charge is 2.56. The third-order valence-electron chi connectivity index (χ3n) is 5.74. The van der Waals surface area contributed by atoms with E-state index >= 15 is 0 Å². The van der Waals surface area contributed by atoms with E-state index in [9.17, 15) is 15.3 Å². The molecule has 30 heavy (non-hydrogen) atoms. The van der Waals surface area contributed by atoms with E-state index in [0.717, 1.165) is 16.3 Å². The van der Waals surface area contributed by atoms with Gasteiger partial charge < -0.3 is 25.8 Å². The first-order valence-electron chi connectivity index (χ1n) is 9.60. The lowest BCUT2D eigenvalue weighted by molar-refractivity contribution is -0.145. The lowest BCUT2D eigenvalue weighted by atomic mass is 9.93. The van der Waals surface area contributed by atoms with Crippen molar-refractivity contribution in [3.8, 4) is 0 Å². The average molecular weight is 407 g/mol. The van der Waals surface area contributed by atoms with E-state index in [-0.39, 0.29) is 12.2 Å². The molecule has 9 heteroatoms. The Morgan fingerprint density at radius 2 is 1.87 bits per heavy atom.